The minimum Gasteiger partial charge on any atom is -0.348 e. The molecule has 1 amide bonds. The molecule has 5 aromatic rings. The number of carbonyl (C=O) groups excluding carboxylic acids is 1. The van der Waals surface area contributed by atoms with E-state index < -0.39 is 0 Å². The normalized spacial score (nSPS) is 10.8. The number of aryl methyl sites for hydroxylation is 1. The molecule has 0 bridgehead atoms. The Morgan fingerprint density at radius 1 is 1.06 bits per heavy atom. The first-order valence-corrected chi connectivity index (χ1v) is 13.2. The highest BCUT2D eigenvalue weighted by molar-refractivity contribution is 8.01. The van der Waals surface area contributed by atoms with E-state index in [4.69, 9.17) is 0 Å². The first-order valence-electron chi connectivity index (χ1n) is 10.7. The number of hydrogen-bond donors (Lipinski definition) is 2. The number of pyridine rings is 1. The number of aromatic nitrogens is 4. The van der Waals surface area contributed by atoms with Crippen LogP contribution in [0.5, 0.6) is 0 Å². The third-order valence-corrected chi connectivity index (χ3v) is 7.63. The topological polar surface area (TPSA) is 92.7 Å². The predicted octanol–water partition coefficient (Wildman–Crippen LogP) is 6.19. The molecule has 174 valence electrons. The van der Waals surface area contributed by atoms with E-state index in [9.17, 15) is 4.79 Å². The molecule has 0 saturated heterocycles. The van der Waals surface area contributed by atoms with Crippen LogP contribution in [0.15, 0.2) is 87.5 Å². The van der Waals surface area contributed by atoms with Crippen LogP contribution in [0.25, 0.3) is 11.3 Å². The van der Waals surface area contributed by atoms with Gasteiger partial charge in [-0.2, -0.15) is 0 Å². The standard InChI is InChI=1S/C25H20N6OS3/c1-16-5-10-19(34-23-14-28-25(35-23)29-22-4-2-3-11-26-22)12-20(16)24(32)27-13-17-6-8-18(9-7-17)21-15-33-31-30-21/h2-12,14-15H,13H2,1H3,(H,27,32)(H,26,28,29). The maximum atomic E-state index is 12.9. The highest BCUT2D eigenvalue weighted by atomic mass is 32.2. The van der Waals surface area contributed by atoms with Crippen molar-refractivity contribution >= 4 is 51.5 Å². The Morgan fingerprint density at radius 2 is 1.94 bits per heavy atom. The van der Waals surface area contributed by atoms with E-state index in [0.29, 0.717) is 12.1 Å². The van der Waals surface area contributed by atoms with Crippen LogP contribution in [0.1, 0.15) is 21.5 Å². The van der Waals surface area contributed by atoms with Crippen LogP contribution in [-0.4, -0.2) is 25.5 Å². The fourth-order valence-corrected chi connectivity index (χ4v) is 5.66. The van der Waals surface area contributed by atoms with Gasteiger partial charge in [-0.15, -0.1) is 5.10 Å². The van der Waals surface area contributed by atoms with Crippen molar-refractivity contribution in [3.8, 4) is 11.3 Å². The molecule has 0 aliphatic rings. The van der Waals surface area contributed by atoms with Crippen LogP contribution in [0.2, 0.25) is 0 Å². The number of carbonyl (C=O) groups is 1. The van der Waals surface area contributed by atoms with E-state index in [-0.39, 0.29) is 5.91 Å². The number of nitrogens with zero attached hydrogens (tertiary/aromatic N) is 4. The van der Waals surface area contributed by atoms with Crippen molar-refractivity contribution in [2.75, 3.05) is 5.32 Å². The summed E-state index contributed by atoms with van der Waals surface area (Å²) in [5.74, 6) is 0.655. The Balaban J connectivity index is 1.21. The number of thiazole rings is 1. The lowest BCUT2D eigenvalue weighted by molar-refractivity contribution is 0.0950. The molecule has 0 radical (unpaired) electrons. The quantitative estimate of drug-likeness (QED) is 0.254. The van der Waals surface area contributed by atoms with Gasteiger partial charge in [-0.1, -0.05) is 64.0 Å². The Morgan fingerprint density at radius 3 is 2.71 bits per heavy atom. The summed E-state index contributed by atoms with van der Waals surface area (Å²) in [6, 6.07) is 19.6. The number of rotatable bonds is 8. The number of anilines is 2. The molecule has 10 heteroatoms. The van der Waals surface area contributed by atoms with Gasteiger partial charge in [0.25, 0.3) is 5.91 Å². The summed E-state index contributed by atoms with van der Waals surface area (Å²) < 4.78 is 4.92. The molecule has 3 aromatic heterocycles. The average molecular weight is 517 g/mol. The maximum Gasteiger partial charge on any atom is 0.251 e. The Labute approximate surface area is 214 Å². The van der Waals surface area contributed by atoms with Gasteiger partial charge >= 0.3 is 0 Å². The van der Waals surface area contributed by atoms with Crippen molar-refractivity contribution in [1.82, 2.24) is 24.9 Å². The summed E-state index contributed by atoms with van der Waals surface area (Å²) in [5, 5.41) is 13.0. The third-order valence-electron chi connectivity index (χ3n) is 5.12. The van der Waals surface area contributed by atoms with Crippen LogP contribution < -0.4 is 10.6 Å². The van der Waals surface area contributed by atoms with Gasteiger partial charge in [0.2, 0.25) is 0 Å². The summed E-state index contributed by atoms with van der Waals surface area (Å²) in [6.45, 7) is 2.39. The van der Waals surface area contributed by atoms with Gasteiger partial charge in [-0.05, 0) is 53.8 Å². The van der Waals surface area contributed by atoms with E-state index in [0.717, 1.165) is 42.4 Å². The molecule has 7 nitrogen and oxygen atoms in total. The second-order valence-corrected chi connectivity index (χ2v) is 10.6. The monoisotopic (exact) mass is 516 g/mol. The molecule has 3 heterocycles. The first-order chi connectivity index (χ1) is 17.1. The lowest BCUT2D eigenvalue weighted by atomic mass is 10.1. The van der Waals surface area contributed by atoms with Crippen molar-refractivity contribution in [1.29, 1.82) is 0 Å². The maximum absolute atomic E-state index is 12.9. The number of nitrogens with one attached hydrogen (secondary N) is 2. The van der Waals surface area contributed by atoms with Gasteiger partial charge in [0, 0.05) is 34.1 Å². The average Bonchev–Trinajstić information content (AvgIpc) is 3.57. The molecule has 0 saturated carbocycles. The Kier molecular flexibility index (Phi) is 7.12. The zero-order valence-electron chi connectivity index (χ0n) is 18.6. The fraction of sp³-hybridized carbons (Fsp3) is 0.0800. The molecule has 0 spiro atoms. The zero-order valence-corrected chi connectivity index (χ0v) is 21.1. The molecule has 0 fully saturated rings. The van der Waals surface area contributed by atoms with E-state index in [2.05, 4.69) is 30.2 Å². The first kappa shape index (κ1) is 23.2. The van der Waals surface area contributed by atoms with Gasteiger partial charge in [0.05, 0.1) is 10.4 Å². The third kappa shape index (κ3) is 5.91. The van der Waals surface area contributed by atoms with E-state index >= 15 is 0 Å². The molecular formula is C25H20N6OS3. The molecular weight excluding hydrogens is 497 g/mol. The summed E-state index contributed by atoms with van der Waals surface area (Å²) in [4.78, 5) is 22.6. The zero-order chi connectivity index (χ0) is 24.0. The Bertz CT molecular complexity index is 1420. The summed E-state index contributed by atoms with van der Waals surface area (Å²) in [6.07, 6.45) is 3.56. The summed E-state index contributed by atoms with van der Waals surface area (Å²) >= 11 is 4.45. The highest BCUT2D eigenvalue weighted by Gasteiger charge is 2.12. The van der Waals surface area contributed by atoms with E-state index in [1.807, 2.05) is 79.2 Å². The van der Waals surface area contributed by atoms with Gasteiger partial charge in [-0.3, -0.25) is 4.79 Å². The number of hydrogen-bond acceptors (Lipinski definition) is 9. The van der Waals surface area contributed by atoms with Gasteiger partial charge < -0.3 is 10.6 Å². The summed E-state index contributed by atoms with van der Waals surface area (Å²) in [5.41, 5.74) is 4.48. The molecule has 0 aliphatic heterocycles. The second-order valence-electron chi connectivity index (χ2n) is 7.57. The van der Waals surface area contributed by atoms with Crippen molar-refractivity contribution in [3.63, 3.8) is 0 Å². The molecule has 35 heavy (non-hydrogen) atoms. The Hall–Kier alpha value is -3.60. The van der Waals surface area contributed by atoms with Crippen LogP contribution in [0, 0.1) is 6.92 Å². The number of benzene rings is 2. The van der Waals surface area contributed by atoms with Crippen LogP contribution in [-0.2, 0) is 6.54 Å². The molecule has 0 atom stereocenters. The van der Waals surface area contributed by atoms with Crippen LogP contribution in [0.4, 0.5) is 10.9 Å². The minimum atomic E-state index is -0.0976. The second kappa shape index (κ2) is 10.8. The van der Waals surface area contributed by atoms with Gasteiger partial charge in [0.1, 0.15) is 11.5 Å². The van der Waals surface area contributed by atoms with E-state index in [1.165, 1.54) is 11.5 Å². The highest BCUT2D eigenvalue weighted by Crippen LogP contribution is 2.35. The van der Waals surface area contributed by atoms with Crippen LogP contribution >= 0.6 is 34.6 Å². The lowest BCUT2D eigenvalue weighted by Crippen LogP contribution is -2.23. The minimum absolute atomic E-state index is 0.0976. The molecule has 0 aliphatic carbocycles. The van der Waals surface area contributed by atoms with Crippen molar-refractivity contribution in [2.45, 2.75) is 22.6 Å². The SMILES string of the molecule is Cc1ccc(Sc2cnc(Nc3ccccn3)s2)cc1C(=O)NCc1ccc(-c2csnn2)cc1. The molecule has 0 unspecified atom stereocenters. The lowest BCUT2D eigenvalue weighted by Gasteiger charge is -2.10. The predicted molar refractivity (Wildman–Crippen MR) is 141 cm³/mol. The molecule has 2 N–H and O–H groups in total. The van der Waals surface area contributed by atoms with Crippen LogP contribution in [0.3, 0.4) is 0 Å². The molecule has 2 aromatic carbocycles. The molecule has 5 rings (SSSR count). The number of amides is 1. The largest absolute Gasteiger partial charge is 0.348 e. The van der Waals surface area contributed by atoms with Gasteiger partial charge in [-0.25, -0.2) is 9.97 Å². The van der Waals surface area contributed by atoms with Gasteiger partial charge in [0.15, 0.2) is 5.13 Å². The fourth-order valence-electron chi connectivity index (χ4n) is 3.30. The van der Waals surface area contributed by atoms with E-state index in [1.54, 1.807) is 29.3 Å². The summed E-state index contributed by atoms with van der Waals surface area (Å²) in [7, 11) is 0. The van der Waals surface area contributed by atoms with Crippen molar-refractivity contribution in [3.05, 3.63) is 95.1 Å². The smallest absolute Gasteiger partial charge is 0.251 e. The van der Waals surface area contributed by atoms with Crippen molar-refractivity contribution in [2.24, 2.45) is 0 Å². The van der Waals surface area contributed by atoms with Crippen molar-refractivity contribution < 1.29 is 4.79 Å².